The van der Waals surface area contributed by atoms with Gasteiger partial charge in [-0.25, -0.2) is 0 Å². The summed E-state index contributed by atoms with van der Waals surface area (Å²) in [6.45, 7) is 3.92. The summed E-state index contributed by atoms with van der Waals surface area (Å²) in [4.78, 5) is 37.0. The number of nitrogens with zero attached hydrogens (tertiary/aromatic N) is 3. The highest BCUT2D eigenvalue weighted by Gasteiger charge is 2.49. The molecule has 1 atom stereocenters. The largest absolute Gasteiger partial charge is 0.508 e. The van der Waals surface area contributed by atoms with Crippen molar-refractivity contribution in [2.75, 3.05) is 4.90 Å². The van der Waals surface area contributed by atoms with Gasteiger partial charge in [-0.05, 0) is 28.5 Å². The summed E-state index contributed by atoms with van der Waals surface area (Å²) in [7, 11) is 0. The second-order valence-corrected chi connectivity index (χ2v) is 9.29. The van der Waals surface area contributed by atoms with Crippen molar-refractivity contribution in [2.24, 2.45) is 0 Å². The number of carbonyl (C=O) groups is 1. The van der Waals surface area contributed by atoms with E-state index in [1.54, 1.807) is 24.3 Å². The lowest BCUT2D eigenvalue weighted by Crippen LogP contribution is -2.38. The van der Waals surface area contributed by atoms with Crippen LogP contribution in [0.1, 0.15) is 41.4 Å². The third kappa shape index (κ3) is 3.44. The predicted molar refractivity (Wildman–Crippen MR) is 134 cm³/mol. The molecular formula is C27H21N3O6. The second kappa shape index (κ2) is 8.16. The first-order valence-corrected chi connectivity index (χ1v) is 11.2. The van der Waals surface area contributed by atoms with Crippen molar-refractivity contribution in [1.82, 2.24) is 0 Å². The number of fused-ring (bicyclic) bond motifs is 2. The number of benzene rings is 4. The Morgan fingerprint density at radius 2 is 1.50 bits per heavy atom. The van der Waals surface area contributed by atoms with Crippen molar-refractivity contribution in [3.8, 4) is 5.75 Å². The van der Waals surface area contributed by atoms with Gasteiger partial charge in [0.15, 0.2) is 0 Å². The summed E-state index contributed by atoms with van der Waals surface area (Å²) < 4.78 is 0. The minimum Gasteiger partial charge on any atom is -0.508 e. The summed E-state index contributed by atoms with van der Waals surface area (Å²) in [5.41, 5.74) is -0.0291. The zero-order valence-corrected chi connectivity index (χ0v) is 19.4. The summed E-state index contributed by atoms with van der Waals surface area (Å²) in [6.07, 6.45) is 0. The number of carbonyl (C=O) groups excluding carboxylic acids is 1. The number of hydrogen-bond acceptors (Lipinski definition) is 6. The third-order valence-electron chi connectivity index (χ3n) is 6.81. The minimum atomic E-state index is -0.764. The Morgan fingerprint density at radius 1 is 0.889 bits per heavy atom. The standard InChI is InChI=1S/C27H21N3O6/c1-27(2)21-9-5-6-10-22(21)28(25(27)24-20-8-4-3-7-16(20)11-12-23(24)31)26(32)17-13-18(29(33)34)15-19(14-17)30(35)36/h3-15,25,31H,1-2H3. The van der Waals surface area contributed by atoms with Crippen LogP contribution in [-0.4, -0.2) is 20.9 Å². The molecule has 1 aliphatic heterocycles. The van der Waals surface area contributed by atoms with E-state index in [0.717, 1.165) is 34.5 Å². The van der Waals surface area contributed by atoms with Crippen molar-refractivity contribution in [1.29, 1.82) is 0 Å². The Bertz CT molecular complexity index is 1550. The van der Waals surface area contributed by atoms with E-state index in [4.69, 9.17) is 0 Å². The molecule has 5 rings (SSSR count). The van der Waals surface area contributed by atoms with Gasteiger partial charge in [0, 0.05) is 28.8 Å². The number of anilines is 1. The van der Waals surface area contributed by atoms with Gasteiger partial charge in [-0.1, -0.05) is 62.4 Å². The lowest BCUT2D eigenvalue weighted by Gasteiger charge is -2.35. The van der Waals surface area contributed by atoms with Crippen LogP contribution in [0.5, 0.6) is 5.75 Å². The normalized spacial score (nSPS) is 16.1. The summed E-state index contributed by atoms with van der Waals surface area (Å²) in [6, 6.07) is 20.4. The molecule has 1 heterocycles. The quantitative estimate of drug-likeness (QED) is 0.278. The number of hydrogen-bond donors (Lipinski definition) is 1. The molecule has 9 heteroatoms. The van der Waals surface area contributed by atoms with Crippen molar-refractivity contribution >= 4 is 33.7 Å². The van der Waals surface area contributed by atoms with E-state index in [9.17, 15) is 30.1 Å². The number of phenolic OH excluding ortho intramolecular Hbond substituents is 1. The average molecular weight is 483 g/mol. The van der Waals surface area contributed by atoms with Crippen molar-refractivity contribution in [2.45, 2.75) is 25.3 Å². The maximum atomic E-state index is 14.1. The van der Waals surface area contributed by atoms with E-state index in [2.05, 4.69) is 0 Å². The Kier molecular flexibility index (Phi) is 5.21. The van der Waals surface area contributed by atoms with E-state index >= 15 is 0 Å². The number of para-hydroxylation sites is 1. The molecule has 1 amide bonds. The van der Waals surface area contributed by atoms with Crippen LogP contribution < -0.4 is 4.90 Å². The Hall–Kier alpha value is -4.79. The van der Waals surface area contributed by atoms with E-state index in [0.29, 0.717) is 11.3 Å². The molecule has 1 unspecified atom stereocenters. The summed E-state index contributed by atoms with van der Waals surface area (Å²) in [5, 5.41) is 35.6. The number of phenols is 1. The number of amides is 1. The van der Waals surface area contributed by atoms with Gasteiger partial charge < -0.3 is 5.11 Å². The Labute approximate surface area is 205 Å². The van der Waals surface area contributed by atoms with Gasteiger partial charge in [0.25, 0.3) is 17.3 Å². The van der Waals surface area contributed by atoms with E-state index in [-0.39, 0.29) is 11.3 Å². The van der Waals surface area contributed by atoms with Gasteiger partial charge in [0.2, 0.25) is 0 Å². The molecule has 0 saturated heterocycles. The smallest absolute Gasteiger partial charge is 0.277 e. The predicted octanol–water partition coefficient (Wildman–Crippen LogP) is 6.04. The summed E-state index contributed by atoms with van der Waals surface area (Å²) >= 11 is 0. The molecule has 0 bridgehead atoms. The van der Waals surface area contributed by atoms with Gasteiger partial charge in [0.1, 0.15) is 5.75 Å². The molecular weight excluding hydrogens is 462 g/mol. The molecule has 0 radical (unpaired) electrons. The first kappa shape index (κ1) is 23.0. The van der Waals surface area contributed by atoms with E-state index < -0.39 is 38.6 Å². The summed E-state index contributed by atoms with van der Waals surface area (Å²) in [5.74, 6) is -0.639. The molecule has 0 saturated carbocycles. The average Bonchev–Trinajstić information content (AvgIpc) is 3.10. The lowest BCUT2D eigenvalue weighted by molar-refractivity contribution is -0.394. The highest BCUT2D eigenvalue weighted by atomic mass is 16.6. The van der Waals surface area contributed by atoms with Crippen LogP contribution in [0.2, 0.25) is 0 Å². The van der Waals surface area contributed by atoms with Crippen molar-refractivity contribution in [3.63, 3.8) is 0 Å². The zero-order chi connectivity index (χ0) is 25.8. The van der Waals surface area contributed by atoms with Crippen molar-refractivity contribution in [3.05, 3.63) is 116 Å². The minimum absolute atomic E-state index is 0.00223. The van der Waals surface area contributed by atoms with Crippen LogP contribution >= 0.6 is 0 Å². The highest BCUT2D eigenvalue weighted by Crippen LogP contribution is 2.56. The Balaban J connectivity index is 1.78. The van der Waals surface area contributed by atoms with Crippen molar-refractivity contribution < 1.29 is 19.7 Å². The number of aromatic hydroxyl groups is 1. The molecule has 0 fully saturated rings. The maximum absolute atomic E-state index is 14.1. The molecule has 1 N–H and O–H groups in total. The Morgan fingerprint density at radius 3 is 2.17 bits per heavy atom. The van der Waals surface area contributed by atoms with Gasteiger partial charge in [-0.3, -0.25) is 29.9 Å². The zero-order valence-electron chi connectivity index (χ0n) is 19.4. The molecule has 36 heavy (non-hydrogen) atoms. The molecule has 0 spiro atoms. The van der Waals surface area contributed by atoms with Gasteiger partial charge >= 0.3 is 0 Å². The van der Waals surface area contributed by atoms with Crippen LogP contribution in [0.3, 0.4) is 0 Å². The topological polar surface area (TPSA) is 127 Å². The molecule has 4 aromatic rings. The lowest BCUT2D eigenvalue weighted by atomic mass is 9.76. The fraction of sp³-hybridized carbons (Fsp3) is 0.148. The van der Waals surface area contributed by atoms with Gasteiger partial charge in [-0.15, -0.1) is 0 Å². The van der Waals surface area contributed by atoms with E-state index in [1.807, 2.05) is 50.2 Å². The fourth-order valence-electron chi connectivity index (χ4n) is 5.19. The van der Waals surface area contributed by atoms with Gasteiger partial charge in [0.05, 0.1) is 27.5 Å². The van der Waals surface area contributed by atoms with Gasteiger partial charge in [-0.2, -0.15) is 0 Å². The fourth-order valence-corrected chi connectivity index (χ4v) is 5.19. The third-order valence-corrected chi connectivity index (χ3v) is 6.81. The van der Waals surface area contributed by atoms with Crippen LogP contribution in [0.25, 0.3) is 10.8 Å². The maximum Gasteiger partial charge on any atom is 0.277 e. The van der Waals surface area contributed by atoms with Crippen LogP contribution in [0, 0.1) is 20.2 Å². The monoisotopic (exact) mass is 483 g/mol. The molecule has 1 aliphatic rings. The first-order chi connectivity index (χ1) is 17.1. The number of nitro groups is 2. The number of nitro benzene ring substituents is 2. The molecule has 9 nitrogen and oxygen atoms in total. The molecule has 180 valence electrons. The second-order valence-electron chi connectivity index (χ2n) is 9.29. The number of non-ortho nitro benzene ring substituents is 2. The molecule has 0 aromatic heterocycles. The molecule has 0 aliphatic carbocycles. The van der Waals surface area contributed by atoms with Crippen LogP contribution in [0.4, 0.5) is 17.1 Å². The van der Waals surface area contributed by atoms with Crippen LogP contribution in [-0.2, 0) is 5.41 Å². The highest BCUT2D eigenvalue weighted by molar-refractivity contribution is 6.10. The molecule has 4 aromatic carbocycles. The van der Waals surface area contributed by atoms with Crippen LogP contribution in [0.15, 0.2) is 78.9 Å². The SMILES string of the molecule is CC1(C)c2ccccc2N(C(=O)c2cc([N+](=O)[O-])cc([N+](=O)[O-])c2)C1c1c(O)ccc2ccccc12. The van der Waals surface area contributed by atoms with E-state index in [1.165, 1.54) is 4.90 Å². The number of rotatable bonds is 4. The first-order valence-electron chi connectivity index (χ1n) is 11.2.